The Morgan fingerprint density at radius 3 is 2.54 bits per heavy atom. The first kappa shape index (κ1) is 19.2. The standard InChI is InChI=1S/C18H30N2O3S/c1-5-24(21,22)19-18-10-11-20(4)12-16(18)13-23-17-8-6-15(7-9-17)14(2)3/h6-9,14,16,18-19H,5,10-13H2,1-4H3/t16-,18-/m1/s1. The van der Waals surface area contributed by atoms with Crippen molar-refractivity contribution < 1.29 is 13.2 Å². The summed E-state index contributed by atoms with van der Waals surface area (Å²) in [6, 6.07) is 8.11. The molecule has 1 aromatic rings. The van der Waals surface area contributed by atoms with Gasteiger partial charge in [0.25, 0.3) is 0 Å². The van der Waals surface area contributed by atoms with Gasteiger partial charge >= 0.3 is 0 Å². The number of nitrogens with one attached hydrogen (secondary N) is 1. The number of ether oxygens (including phenoxy) is 1. The van der Waals surface area contributed by atoms with Crippen LogP contribution in [0, 0.1) is 5.92 Å². The Morgan fingerprint density at radius 1 is 1.29 bits per heavy atom. The lowest BCUT2D eigenvalue weighted by Gasteiger charge is -2.36. The molecule has 0 amide bonds. The molecule has 1 heterocycles. The first-order chi connectivity index (χ1) is 11.3. The fraction of sp³-hybridized carbons (Fsp3) is 0.667. The lowest BCUT2D eigenvalue weighted by Crippen LogP contribution is -2.52. The maximum atomic E-state index is 11.9. The summed E-state index contributed by atoms with van der Waals surface area (Å²) in [5, 5.41) is 0. The zero-order valence-corrected chi connectivity index (χ0v) is 16.0. The van der Waals surface area contributed by atoms with Crippen molar-refractivity contribution in [1.29, 1.82) is 0 Å². The summed E-state index contributed by atoms with van der Waals surface area (Å²) in [5.41, 5.74) is 1.29. The van der Waals surface area contributed by atoms with Gasteiger partial charge in [-0.05, 0) is 50.6 Å². The fourth-order valence-corrected chi connectivity index (χ4v) is 3.94. The molecule has 1 saturated heterocycles. The third kappa shape index (κ3) is 5.46. The van der Waals surface area contributed by atoms with Gasteiger partial charge in [-0.1, -0.05) is 26.0 Å². The predicted molar refractivity (Wildman–Crippen MR) is 98.0 cm³/mol. The molecule has 1 aliphatic rings. The Labute approximate surface area is 146 Å². The number of hydrogen-bond acceptors (Lipinski definition) is 4. The average Bonchev–Trinajstić information content (AvgIpc) is 2.55. The largest absolute Gasteiger partial charge is 0.493 e. The van der Waals surface area contributed by atoms with Crippen molar-refractivity contribution in [3.05, 3.63) is 29.8 Å². The highest BCUT2D eigenvalue weighted by atomic mass is 32.2. The number of likely N-dealkylation sites (tertiary alicyclic amines) is 1. The molecule has 0 unspecified atom stereocenters. The summed E-state index contributed by atoms with van der Waals surface area (Å²) in [4.78, 5) is 2.23. The SMILES string of the molecule is CCS(=O)(=O)N[C@@H]1CCN(C)C[C@@H]1COc1ccc(C(C)C)cc1. The average molecular weight is 355 g/mol. The van der Waals surface area contributed by atoms with Gasteiger partial charge < -0.3 is 9.64 Å². The van der Waals surface area contributed by atoms with Gasteiger partial charge in [0, 0.05) is 18.5 Å². The molecule has 0 bridgehead atoms. The molecule has 2 rings (SSSR count). The second kappa shape index (κ2) is 8.32. The highest BCUT2D eigenvalue weighted by Gasteiger charge is 2.30. The molecule has 1 aromatic carbocycles. The van der Waals surface area contributed by atoms with Crippen LogP contribution in [0.4, 0.5) is 0 Å². The zero-order chi connectivity index (χ0) is 17.7. The number of rotatable bonds is 7. The zero-order valence-electron chi connectivity index (χ0n) is 15.2. The number of nitrogens with zero attached hydrogens (tertiary/aromatic N) is 1. The molecule has 2 atom stereocenters. The minimum Gasteiger partial charge on any atom is -0.493 e. The topological polar surface area (TPSA) is 58.6 Å². The van der Waals surface area contributed by atoms with Crippen molar-refractivity contribution in [3.8, 4) is 5.75 Å². The Morgan fingerprint density at radius 2 is 1.96 bits per heavy atom. The van der Waals surface area contributed by atoms with Crippen LogP contribution in [0.15, 0.2) is 24.3 Å². The van der Waals surface area contributed by atoms with Crippen molar-refractivity contribution >= 4 is 10.0 Å². The van der Waals surface area contributed by atoms with E-state index in [2.05, 4.69) is 42.6 Å². The van der Waals surface area contributed by atoms with Crippen LogP contribution in [0.25, 0.3) is 0 Å². The van der Waals surface area contributed by atoms with E-state index in [1.54, 1.807) is 6.92 Å². The molecule has 1 N–H and O–H groups in total. The maximum Gasteiger partial charge on any atom is 0.211 e. The molecule has 0 saturated carbocycles. The quantitative estimate of drug-likeness (QED) is 0.817. The van der Waals surface area contributed by atoms with Crippen LogP contribution in [-0.4, -0.2) is 51.9 Å². The van der Waals surface area contributed by atoms with Gasteiger partial charge in [-0.15, -0.1) is 0 Å². The first-order valence-corrected chi connectivity index (χ1v) is 10.4. The molecule has 24 heavy (non-hydrogen) atoms. The van der Waals surface area contributed by atoms with Crippen LogP contribution in [-0.2, 0) is 10.0 Å². The van der Waals surface area contributed by atoms with Crippen molar-refractivity contribution in [2.75, 3.05) is 32.5 Å². The summed E-state index contributed by atoms with van der Waals surface area (Å²) in [7, 11) is -1.13. The summed E-state index contributed by atoms with van der Waals surface area (Å²) in [6.45, 7) is 8.25. The van der Waals surface area contributed by atoms with E-state index in [4.69, 9.17) is 4.74 Å². The third-order valence-corrected chi connectivity index (χ3v) is 6.08. The van der Waals surface area contributed by atoms with Crippen LogP contribution < -0.4 is 9.46 Å². The molecule has 0 aliphatic carbocycles. The Balaban J connectivity index is 1.98. The van der Waals surface area contributed by atoms with E-state index in [0.717, 1.165) is 25.3 Å². The van der Waals surface area contributed by atoms with E-state index in [0.29, 0.717) is 12.5 Å². The first-order valence-electron chi connectivity index (χ1n) is 8.72. The lowest BCUT2D eigenvalue weighted by molar-refractivity contribution is 0.125. The van der Waals surface area contributed by atoms with Crippen LogP contribution in [0.5, 0.6) is 5.75 Å². The molecule has 5 nitrogen and oxygen atoms in total. The normalized spacial score (nSPS) is 22.7. The second-order valence-electron chi connectivity index (χ2n) is 6.97. The minimum absolute atomic E-state index is 0.0545. The fourth-order valence-electron chi connectivity index (χ4n) is 3.00. The predicted octanol–water partition coefficient (Wildman–Crippen LogP) is 2.45. The van der Waals surface area contributed by atoms with Crippen LogP contribution in [0.3, 0.4) is 0 Å². The second-order valence-corrected chi connectivity index (χ2v) is 9.02. The van der Waals surface area contributed by atoms with Crippen LogP contribution >= 0.6 is 0 Å². The summed E-state index contributed by atoms with van der Waals surface area (Å²) >= 11 is 0. The van der Waals surface area contributed by atoms with E-state index < -0.39 is 10.0 Å². The van der Waals surface area contributed by atoms with Crippen molar-refractivity contribution in [1.82, 2.24) is 9.62 Å². The smallest absolute Gasteiger partial charge is 0.211 e. The molecular weight excluding hydrogens is 324 g/mol. The molecule has 136 valence electrons. The third-order valence-electron chi connectivity index (χ3n) is 4.66. The van der Waals surface area contributed by atoms with Crippen molar-refractivity contribution in [2.24, 2.45) is 5.92 Å². The number of hydrogen-bond donors (Lipinski definition) is 1. The van der Waals surface area contributed by atoms with Gasteiger partial charge in [0.2, 0.25) is 10.0 Å². The van der Waals surface area contributed by atoms with E-state index in [-0.39, 0.29) is 17.7 Å². The van der Waals surface area contributed by atoms with Gasteiger partial charge in [-0.2, -0.15) is 0 Å². The van der Waals surface area contributed by atoms with Gasteiger partial charge in [0.1, 0.15) is 5.75 Å². The number of piperidine rings is 1. The Bertz CT molecular complexity index is 614. The Hall–Kier alpha value is -1.11. The molecule has 1 aliphatic heterocycles. The molecule has 0 spiro atoms. The van der Waals surface area contributed by atoms with Gasteiger partial charge in [-0.3, -0.25) is 0 Å². The summed E-state index contributed by atoms with van der Waals surface area (Å²) in [6.07, 6.45) is 0.816. The molecule has 1 fully saturated rings. The molecular formula is C18H30N2O3S. The highest BCUT2D eigenvalue weighted by molar-refractivity contribution is 7.89. The van der Waals surface area contributed by atoms with Gasteiger partial charge in [-0.25, -0.2) is 13.1 Å². The monoisotopic (exact) mass is 354 g/mol. The maximum absolute atomic E-state index is 11.9. The van der Waals surface area contributed by atoms with Crippen molar-refractivity contribution in [2.45, 2.75) is 39.2 Å². The molecule has 0 radical (unpaired) electrons. The van der Waals surface area contributed by atoms with E-state index in [9.17, 15) is 8.42 Å². The van der Waals surface area contributed by atoms with Crippen molar-refractivity contribution in [3.63, 3.8) is 0 Å². The Kier molecular flexibility index (Phi) is 6.66. The lowest BCUT2D eigenvalue weighted by atomic mass is 9.94. The number of benzene rings is 1. The van der Waals surface area contributed by atoms with E-state index in [1.165, 1.54) is 5.56 Å². The number of sulfonamides is 1. The van der Waals surface area contributed by atoms with E-state index >= 15 is 0 Å². The summed E-state index contributed by atoms with van der Waals surface area (Å²) in [5.74, 6) is 1.60. The summed E-state index contributed by atoms with van der Waals surface area (Å²) < 4.78 is 32.6. The minimum atomic E-state index is -3.19. The van der Waals surface area contributed by atoms with E-state index in [1.807, 2.05) is 12.1 Å². The van der Waals surface area contributed by atoms with Crippen LogP contribution in [0.1, 0.15) is 38.7 Å². The highest BCUT2D eigenvalue weighted by Crippen LogP contribution is 2.22. The van der Waals surface area contributed by atoms with Gasteiger partial charge in [0.05, 0.1) is 12.4 Å². The van der Waals surface area contributed by atoms with Gasteiger partial charge in [0.15, 0.2) is 0 Å². The molecule has 6 heteroatoms. The molecule has 0 aromatic heterocycles. The van der Waals surface area contributed by atoms with Crippen LogP contribution in [0.2, 0.25) is 0 Å².